The highest BCUT2D eigenvalue weighted by Gasteiger charge is 2.34. The fourth-order valence-corrected chi connectivity index (χ4v) is 2.91. The zero-order valence-electron chi connectivity index (χ0n) is 13.6. The summed E-state index contributed by atoms with van der Waals surface area (Å²) in [5.41, 5.74) is 15.1. The molecule has 0 aromatic heterocycles. The molecule has 3 unspecified atom stereocenters. The molecule has 0 heterocycles. The van der Waals surface area contributed by atoms with Gasteiger partial charge in [-0.25, -0.2) is 5.48 Å². The maximum atomic E-state index is 11.7. The van der Waals surface area contributed by atoms with Gasteiger partial charge in [0, 0.05) is 18.4 Å². The Morgan fingerprint density at radius 3 is 2.33 bits per heavy atom. The van der Waals surface area contributed by atoms with E-state index >= 15 is 0 Å². The van der Waals surface area contributed by atoms with E-state index in [1.54, 1.807) is 5.48 Å². The van der Waals surface area contributed by atoms with Crippen LogP contribution >= 0.6 is 12.4 Å². The van der Waals surface area contributed by atoms with Crippen molar-refractivity contribution in [2.45, 2.75) is 56.4 Å². The average molecular weight is 356 g/mol. The molecule has 3 atom stereocenters. The molecule has 0 saturated heterocycles. The van der Waals surface area contributed by atoms with Gasteiger partial charge in [0.2, 0.25) is 11.8 Å². The van der Waals surface area contributed by atoms with Crippen molar-refractivity contribution < 1.29 is 14.8 Å². The first-order chi connectivity index (χ1) is 11.0. The molecule has 24 heavy (non-hydrogen) atoms. The Bertz CT molecular complexity index is 551. The summed E-state index contributed by atoms with van der Waals surface area (Å²) in [6.45, 7) is 0. The lowest BCUT2D eigenvalue weighted by atomic mass is 9.91. The molecule has 6 N–H and O–H groups in total. The molecular formula is C17H26ClN3O3. The lowest BCUT2D eigenvalue weighted by Gasteiger charge is -2.14. The highest BCUT2D eigenvalue weighted by atomic mass is 35.5. The second kappa shape index (κ2) is 9.61. The number of rotatable bonds is 9. The molecule has 0 radical (unpaired) electrons. The molecule has 134 valence electrons. The molecule has 6 nitrogen and oxygen atoms in total. The van der Waals surface area contributed by atoms with E-state index in [0.29, 0.717) is 18.8 Å². The van der Waals surface area contributed by atoms with Crippen LogP contribution in [-0.2, 0) is 9.59 Å². The lowest BCUT2D eigenvalue weighted by molar-refractivity contribution is -0.129. The minimum Gasteiger partial charge on any atom is -0.369 e. The summed E-state index contributed by atoms with van der Waals surface area (Å²) in [6, 6.07) is 8.27. The molecule has 1 aliphatic rings. The third-order valence-electron chi connectivity index (χ3n) is 4.47. The topological polar surface area (TPSA) is 118 Å². The molecule has 0 bridgehead atoms. The number of halogens is 1. The van der Waals surface area contributed by atoms with Crippen LogP contribution in [0.4, 0.5) is 0 Å². The summed E-state index contributed by atoms with van der Waals surface area (Å²) >= 11 is 0. The highest BCUT2D eigenvalue weighted by Crippen LogP contribution is 2.39. The summed E-state index contributed by atoms with van der Waals surface area (Å²) in [4.78, 5) is 22.6. The largest absolute Gasteiger partial charge is 0.369 e. The van der Waals surface area contributed by atoms with Gasteiger partial charge in [-0.15, -0.1) is 12.4 Å². The third-order valence-corrected chi connectivity index (χ3v) is 4.47. The Kier molecular flexibility index (Phi) is 8.18. The summed E-state index contributed by atoms with van der Waals surface area (Å²) in [5, 5.41) is 8.41. The maximum Gasteiger partial charge on any atom is 0.243 e. The highest BCUT2D eigenvalue weighted by molar-refractivity contribution is 5.85. The molecule has 1 aromatic rings. The molecule has 1 aromatic carbocycles. The van der Waals surface area contributed by atoms with Crippen LogP contribution in [-0.4, -0.2) is 23.1 Å². The molecule has 0 spiro atoms. The number of amides is 2. The molecule has 7 heteroatoms. The van der Waals surface area contributed by atoms with Gasteiger partial charge < -0.3 is 11.5 Å². The zero-order valence-corrected chi connectivity index (χ0v) is 14.4. The Morgan fingerprint density at radius 1 is 1.21 bits per heavy atom. The van der Waals surface area contributed by atoms with E-state index in [-0.39, 0.29) is 42.6 Å². The molecule has 2 rings (SSSR count). The van der Waals surface area contributed by atoms with Crippen LogP contribution in [0.2, 0.25) is 0 Å². The van der Waals surface area contributed by atoms with E-state index in [1.165, 1.54) is 5.56 Å². The molecule has 0 aliphatic heterocycles. The first kappa shape index (κ1) is 20.4. The van der Waals surface area contributed by atoms with Crippen LogP contribution in [0.15, 0.2) is 24.3 Å². The fraction of sp³-hybridized carbons (Fsp3) is 0.529. The van der Waals surface area contributed by atoms with E-state index in [0.717, 1.165) is 24.8 Å². The minimum absolute atomic E-state index is 0. The number of unbranched alkanes of at least 4 members (excludes halogenated alkanes) is 2. The van der Waals surface area contributed by atoms with Gasteiger partial charge in [-0.1, -0.05) is 37.1 Å². The van der Waals surface area contributed by atoms with Crippen molar-refractivity contribution in [2.24, 2.45) is 11.5 Å². The van der Waals surface area contributed by atoms with Gasteiger partial charge in [-0.05, 0) is 30.4 Å². The van der Waals surface area contributed by atoms with Gasteiger partial charge in [-0.2, -0.15) is 0 Å². The van der Waals surface area contributed by atoms with E-state index < -0.39 is 0 Å². The third kappa shape index (κ3) is 5.78. The van der Waals surface area contributed by atoms with Gasteiger partial charge in [-0.3, -0.25) is 14.8 Å². The predicted octanol–water partition coefficient (Wildman–Crippen LogP) is 1.95. The SMILES string of the molecule is Cl.NC(=O)C(CCCCCC(=O)NO)c1ccc(C2CC2N)cc1. The van der Waals surface area contributed by atoms with E-state index in [4.69, 9.17) is 16.7 Å². The summed E-state index contributed by atoms with van der Waals surface area (Å²) in [6.07, 6.45) is 4.27. The van der Waals surface area contributed by atoms with Crippen molar-refractivity contribution in [3.8, 4) is 0 Å². The molecular weight excluding hydrogens is 330 g/mol. The van der Waals surface area contributed by atoms with Crippen molar-refractivity contribution in [1.82, 2.24) is 5.48 Å². The second-order valence-electron chi connectivity index (χ2n) is 6.26. The van der Waals surface area contributed by atoms with E-state index in [9.17, 15) is 9.59 Å². The van der Waals surface area contributed by atoms with Crippen LogP contribution in [0, 0.1) is 0 Å². The maximum absolute atomic E-state index is 11.7. The molecule has 1 saturated carbocycles. The standard InChI is InChI=1S/C17H25N3O3.ClH/c18-15-10-14(15)12-8-6-11(7-9-12)13(17(19)22)4-2-1-3-5-16(21)20-23;/h6-9,13-15,23H,1-5,10,18H2,(H2,19,22)(H,20,21);1H. The number of nitrogens with one attached hydrogen (secondary N) is 1. The number of hydrogen-bond donors (Lipinski definition) is 4. The fourth-order valence-electron chi connectivity index (χ4n) is 2.91. The Balaban J connectivity index is 0.00000288. The van der Waals surface area contributed by atoms with Gasteiger partial charge >= 0.3 is 0 Å². The number of hydroxylamine groups is 1. The van der Waals surface area contributed by atoms with Gasteiger partial charge in [0.25, 0.3) is 0 Å². The van der Waals surface area contributed by atoms with Crippen LogP contribution in [0.1, 0.15) is 61.5 Å². The van der Waals surface area contributed by atoms with Gasteiger partial charge in [0.15, 0.2) is 0 Å². The van der Waals surface area contributed by atoms with Crippen molar-refractivity contribution in [3.63, 3.8) is 0 Å². The normalized spacial score (nSPS) is 19.9. The summed E-state index contributed by atoms with van der Waals surface area (Å²) in [5.74, 6) is -0.559. The van der Waals surface area contributed by atoms with Gasteiger partial charge in [0.05, 0.1) is 5.92 Å². The van der Waals surface area contributed by atoms with Crippen LogP contribution in [0.3, 0.4) is 0 Å². The number of benzene rings is 1. The number of nitrogens with two attached hydrogens (primary N) is 2. The first-order valence-corrected chi connectivity index (χ1v) is 8.10. The number of primary amides is 1. The van der Waals surface area contributed by atoms with Crippen molar-refractivity contribution >= 4 is 24.2 Å². The monoisotopic (exact) mass is 355 g/mol. The van der Waals surface area contributed by atoms with E-state index in [2.05, 4.69) is 0 Å². The number of hydrogen-bond acceptors (Lipinski definition) is 4. The molecule has 1 aliphatic carbocycles. The van der Waals surface area contributed by atoms with Crippen LogP contribution < -0.4 is 16.9 Å². The summed E-state index contributed by atoms with van der Waals surface area (Å²) in [7, 11) is 0. The summed E-state index contributed by atoms with van der Waals surface area (Å²) < 4.78 is 0. The molecule has 1 fully saturated rings. The first-order valence-electron chi connectivity index (χ1n) is 8.10. The second-order valence-corrected chi connectivity index (χ2v) is 6.26. The number of carbonyl (C=O) groups excluding carboxylic acids is 2. The minimum atomic E-state index is -0.384. The lowest BCUT2D eigenvalue weighted by Crippen LogP contribution is -2.21. The predicted molar refractivity (Wildman–Crippen MR) is 94.0 cm³/mol. The quantitative estimate of drug-likeness (QED) is 0.307. The zero-order chi connectivity index (χ0) is 16.8. The smallest absolute Gasteiger partial charge is 0.243 e. The Labute approximate surface area is 148 Å². The Hall–Kier alpha value is -1.63. The Morgan fingerprint density at radius 2 is 1.83 bits per heavy atom. The van der Waals surface area contributed by atoms with Crippen molar-refractivity contribution in [3.05, 3.63) is 35.4 Å². The van der Waals surface area contributed by atoms with Crippen LogP contribution in [0.25, 0.3) is 0 Å². The van der Waals surface area contributed by atoms with Gasteiger partial charge in [0.1, 0.15) is 0 Å². The number of carbonyl (C=O) groups is 2. The van der Waals surface area contributed by atoms with Crippen molar-refractivity contribution in [1.29, 1.82) is 0 Å². The van der Waals surface area contributed by atoms with E-state index in [1.807, 2.05) is 24.3 Å². The van der Waals surface area contributed by atoms with Crippen LogP contribution in [0.5, 0.6) is 0 Å². The molecule has 2 amide bonds. The average Bonchev–Trinajstić information content (AvgIpc) is 3.27. The van der Waals surface area contributed by atoms with Crippen molar-refractivity contribution in [2.75, 3.05) is 0 Å².